The molecule has 2 rings (SSSR count). The number of nitrogens with one attached hydrogen (secondary N) is 2. The van der Waals surface area contributed by atoms with Crippen molar-refractivity contribution in [3.8, 4) is 0 Å². The Hall–Kier alpha value is -2.18. The molecule has 0 aliphatic rings. The summed E-state index contributed by atoms with van der Waals surface area (Å²) in [5.74, 6) is 0.644. The Bertz CT molecular complexity index is 552. The van der Waals surface area contributed by atoms with Crippen molar-refractivity contribution in [2.75, 3.05) is 6.54 Å². The van der Waals surface area contributed by atoms with Crippen LogP contribution >= 0.6 is 0 Å². The number of aromatic nitrogens is 5. The van der Waals surface area contributed by atoms with Crippen molar-refractivity contribution < 1.29 is 4.79 Å². The van der Waals surface area contributed by atoms with Gasteiger partial charge in [-0.3, -0.25) is 14.6 Å². The van der Waals surface area contributed by atoms with Crippen LogP contribution in [0.15, 0.2) is 18.5 Å². The van der Waals surface area contributed by atoms with E-state index in [0.29, 0.717) is 12.4 Å². The van der Waals surface area contributed by atoms with Gasteiger partial charge in [-0.05, 0) is 12.5 Å². The smallest absolute Gasteiger partial charge is 0.290 e. The minimum atomic E-state index is -0.253. The van der Waals surface area contributed by atoms with Crippen LogP contribution in [-0.2, 0) is 12.0 Å². The third-order valence-electron chi connectivity index (χ3n) is 2.81. The molecule has 0 atom stereocenters. The Morgan fingerprint density at radius 2 is 2.25 bits per heavy atom. The molecule has 1 amide bonds. The van der Waals surface area contributed by atoms with Crippen LogP contribution in [0, 0.1) is 0 Å². The first kappa shape index (κ1) is 14.2. The molecular weight excluding hydrogens is 256 g/mol. The van der Waals surface area contributed by atoms with Gasteiger partial charge < -0.3 is 5.32 Å². The van der Waals surface area contributed by atoms with E-state index in [4.69, 9.17) is 0 Å². The fraction of sp³-hybridized carbons (Fsp3) is 0.538. The van der Waals surface area contributed by atoms with E-state index < -0.39 is 0 Å². The first-order valence-electron chi connectivity index (χ1n) is 6.65. The highest BCUT2D eigenvalue weighted by atomic mass is 16.2. The standard InChI is InChI=1S/C13H20N6O/c1-13(2,3)12-16-10(17-18-12)11(20)14-6-4-8-19-9-5-7-15-19/h5,7,9H,4,6,8H2,1-3H3,(H,14,20)(H,16,17,18). The number of rotatable bonds is 5. The molecule has 2 N–H and O–H groups in total. The Morgan fingerprint density at radius 1 is 1.45 bits per heavy atom. The molecule has 7 nitrogen and oxygen atoms in total. The molecule has 0 aromatic carbocycles. The van der Waals surface area contributed by atoms with Crippen molar-refractivity contribution in [2.45, 2.75) is 39.2 Å². The van der Waals surface area contributed by atoms with E-state index >= 15 is 0 Å². The fourth-order valence-corrected chi connectivity index (χ4v) is 1.65. The summed E-state index contributed by atoms with van der Waals surface area (Å²) in [4.78, 5) is 16.1. The summed E-state index contributed by atoms with van der Waals surface area (Å²) in [6.45, 7) is 7.38. The molecule has 108 valence electrons. The summed E-state index contributed by atoms with van der Waals surface area (Å²) in [5.41, 5.74) is -0.147. The van der Waals surface area contributed by atoms with Crippen LogP contribution in [0.2, 0.25) is 0 Å². The fourth-order valence-electron chi connectivity index (χ4n) is 1.65. The van der Waals surface area contributed by atoms with E-state index in [2.05, 4.69) is 25.6 Å². The maximum atomic E-state index is 11.9. The van der Waals surface area contributed by atoms with E-state index in [1.54, 1.807) is 6.20 Å². The number of carbonyl (C=O) groups is 1. The van der Waals surface area contributed by atoms with Gasteiger partial charge in [-0.15, -0.1) is 5.10 Å². The van der Waals surface area contributed by atoms with Crippen molar-refractivity contribution >= 4 is 5.91 Å². The molecule has 0 radical (unpaired) electrons. The Morgan fingerprint density at radius 3 is 2.85 bits per heavy atom. The quantitative estimate of drug-likeness (QED) is 0.801. The van der Waals surface area contributed by atoms with E-state index in [-0.39, 0.29) is 17.1 Å². The second kappa shape index (κ2) is 5.85. The summed E-state index contributed by atoms with van der Waals surface area (Å²) >= 11 is 0. The van der Waals surface area contributed by atoms with Gasteiger partial charge in [0.15, 0.2) is 0 Å². The molecule has 2 heterocycles. The van der Waals surface area contributed by atoms with Gasteiger partial charge in [-0.25, -0.2) is 4.98 Å². The summed E-state index contributed by atoms with van der Waals surface area (Å²) in [5, 5.41) is 13.6. The zero-order valence-corrected chi connectivity index (χ0v) is 12.1. The summed E-state index contributed by atoms with van der Waals surface area (Å²) in [6.07, 6.45) is 4.44. The molecule has 0 saturated carbocycles. The zero-order valence-electron chi connectivity index (χ0n) is 12.1. The van der Waals surface area contributed by atoms with Crippen molar-refractivity contribution in [3.05, 3.63) is 30.1 Å². The van der Waals surface area contributed by atoms with Crippen molar-refractivity contribution in [1.29, 1.82) is 0 Å². The first-order valence-corrected chi connectivity index (χ1v) is 6.65. The third kappa shape index (κ3) is 3.66. The molecular formula is C13H20N6O. The zero-order chi connectivity index (χ0) is 14.6. The van der Waals surface area contributed by atoms with E-state index in [0.717, 1.165) is 13.0 Å². The molecule has 0 unspecified atom stereocenters. The van der Waals surface area contributed by atoms with Gasteiger partial charge in [0, 0.05) is 30.9 Å². The lowest BCUT2D eigenvalue weighted by Gasteiger charge is -2.12. The number of hydrogen-bond donors (Lipinski definition) is 2. The molecule has 0 aliphatic carbocycles. The molecule has 0 saturated heterocycles. The van der Waals surface area contributed by atoms with Gasteiger partial charge in [0.2, 0.25) is 5.82 Å². The second-order valence-corrected chi connectivity index (χ2v) is 5.64. The molecule has 0 aliphatic heterocycles. The van der Waals surface area contributed by atoms with Crippen LogP contribution < -0.4 is 5.32 Å². The molecule has 0 bridgehead atoms. The van der Waals surface area contributed by atoms with Gasteiger partial charge >= 0.3 is 0 Å². The second-order valence-electron chi connectivity index (χ2n) is 5.64. The molecule has 2 aromatic heterocycles. The number of carbonyl (C=O) groups excluding carboxylic acids is 1. The topological polar surface area (TPSA) is 88.5 Å². The number of hydrogen-bond acceptors (Lipinski definition) is 4. The monoisotopic (exact) mass is 276 g/mol. The van der Waals surface area contributed by atoms with Crippen LogP contribution in [-0.4, -0.2) is 37.4 Å². The van der Waals surface area contributed by atoms with Crippen molar-refractivity contribution in [1.82, 2.24) is 30.3 Å². The summed E-state index contributed by atoms with van der Waals surface area (Å²) in [7, 11) is 0. The number of H-pyrrole nitrogens is 1. The minimum absolute atomic E-state index is 0.147. The molecule has 0 fully saturated rings. The van der Waals surface area contributed by atoms with Crippen molar-refractivity contribution in [2.24, 2.45) is 0 Å². The van der Waals surface area contributed by atoms with E-state index in [1.807, 2.05) is 37.7 Å². The maximum absolute atomic E-state index is 11.9. The largest absolute Gasteiger partial charge is 0.349 e. The minimum Gasteiger partial charge on any atom is -0.349 e. The average molecular weight is 276 g/mol. The number of amides is 1. The number of aromatic amines is 1. The van der Waals surface area contributed by atoms with Gasteiger partial charge in [0.1, 0.15) is 5.82 Å². The van der Waals surface area contributed by atoms with E-state index in [1.165, 1.54) is 0 Å². The highest BCUT2D eigenvalue weighted by Crippen LogP contribution is 2.17. The van der Waals surface area contributed by atoms with Crippen LogP contribution in [0.25, 0.3) is 0 Å². The van der Waals surface area contributed by atoms with E-state index in [9.17, 15) is 4.79 Å². The molecule has 7 heteroatoms. The highest BCUT2D eigenvalue weighted by molar-refractivity contribution is 5.90. The Labute approximate surface area is 117 Å². The lowest BCUT2D eigenvalue weighted by molar-refractivity contribution is 0.0942. The Kier molecular flexibility index (Phi) is 4.16. The average Bonchev–Trinajstić information content (AvgIpc) is 3.04. The highest BCUT2D eigenvalue weighted by Gasteiger charge is 2.20. The lowest BCUT2D eigenvalue weighted by atomic mass is 9.96. The molecule has 20 heavy (non-hydrogen) atoms. The number of aryl methyl sites for hydroxylation is 1. The van der Waals surface area contributed by atoms with Gasteiger partial charge in [-0.2, -0.15) is 5.10 Å². The van der Waals surface area contributed by atoms with Gasteiger partial charge in [0.25, 0.3) is 5.91 Å². The maximum Gasteiger partial charge on any atom is 0.290 e. The normalized spacial score (nSPS) is 11.6. The summed E-state index contributed by atoms with van der Waals surface area (Å²) in [6, 6.07) is 1.88. The first-order chi connectivity index (χ1) is 9.47. The predicted octanol–water partition coefficient (Wildman–Crippen LogP) is 1.12. The summed E-state index contributed by atoms with van der Waals surface area (Å²) < 4.78 is 1.83. The number of nitrogens with zero attached hydrogens (tertiary/aromatic N) is 4. The van der Waals surface area contributed by atoms with Gasteiger partial charge in [0.05, 0.1) is 0 Å². The predicted molar refractivity (Wildman–Crippen MR) is 74.3 cm³/mol. The van der Waals surface area contributed by atoms with Gasteiger partial charge in [-0.1, -0.05) is 20.8 Å². The van der Waals surface area contributed by atoms with Crippen LogP contribution in [0.3, 0.4) is 0 Å². The van der Waals surface area contributed by atoms with Crippen molar-refractivity contribution in [3.63, 3.8) is 0 Å². The molecule has 2 aromatic rings. The Balaban J connectivity index is 1.78. The SMILES string of the molecule is CC(C)(C)c1nc(C(=O)NCCCn2cccn2)n[nH]1. The van der Waals surface area contributed by atoms with Crippen LogP contribution in [0.5, 0.6) is 0 Å². The third-order valence-corrected chi connectivity index (χ3v) is 2.81. The van der Waals surface area contributed by atoms with Crippen LogP contribution in [0.1, 0.15) is 43.6 Å². The van der Waals surface area contributed by atoms with Crippen LogP contribution in [0.4, 0.5) is 0 Å². The lowest BCUT2D eigenvalue weighted by Crippen LogP contribution is -2.26. The molecule has 0 spiro atoms.